The zero-order valence-corrected chi connectivity index (χ0v) is 18.6. The van der Waals surface area contributed by atoms with Crippen LogP contribution in [0.25, 0.3) is 4.48 Å². The molecule has 1 amide bonds. The Morgan fingerprint density at radius 2 is 1.97 bits per heavy atom. The van der Waals surface area contributed by atoms with Crippen LogP contribution in [0, 0.1) is 12.7 Å². The van der Waals surface area contributed by atoms with E-state index in [1.54, 1.807) is 17.9 Å². The molecule has 0 N–H and O–H groups in total. The van der Waals surface area contributed by atoms with Gasteiger partial charge in [-0.25, -0.2) is 4.39 Å². The third-order valence-electron chi connectivity index (χ3n) is 5.65. The second-order valence-corrected chi connectivity index (χ2v) is 8.59. The van der Waals surface area contributed by atoms with Crippen molar-refractivity contribution < 1.29 is 18.7 Å². The second-order valence-electron chi connectivity index (χ2n) is 7.80. The highest BCUT2D eigenvalue weighted by Crippen LogP contribution is 2.39. The van der Waals surface area contributed by atoms with E-state index >= 15 is 0 Å². The first kappa shape index (κ1) is 21.2. The van der Waals surface area contributed by atoms with Crippen LogP contribution in [-0.2, 0) is 20.8 Å². The molecular weight excluding hydrogens is 449 g/mol. The highest BCUT2D eigenvalue weighted by molar-refractivity contribution is 9.15. The molecule has 0 spiro atoms. The summed E-state index contributed by atoms with van der Waals surface area (Å²) in [6.07, 6.45) is 2.17. The van der Waals surface area contributed by atoms with Crippen LogP contribution in [0.3, 0.4) is 0 Å². The number of carbonyl (C=O) groups excluding carboxylic acids is 1. The van der Waals surface area contributed by atoms with E-state index in [0.717, 1.165) is 39.7 Å². The van der Waals surface area contributed by atoms with Gasteiger partial charge >= 0.3 is 0 Å². The van der Waals surface area contributed by atoms with E-state index in [0.29, 0.717) is 31.9 Å². The van der Waals surface area contributed by atoms with E-state index in [-0.39, 0.29) is 24.2 Å². The average molecular weight is 474 g/mol. The monoisotopic (exact) mass is 473 g/mol. The zero-order valence-electron chi connectivity index (χ0n) is 17.0. The number of hydrogen-bond donors (Lipinski definition) is 0. The summed E-state index contributed by atoms with van der Waals surface area (Å²) in [5.41, 5.74) is 4.05. The summed E-state index contributed by atoms with van der Waals surface area (Å²) in [5.74, 6) is -0.281. The molecular formula is C24H25BrFNO3. The number of hydrogen-bond acceptors (Lipinski definition) is 3. The number of para-hydroxylation sites is 1. The molecule has 30 heavy (non-hydrogen) atoms. The number of aryl methyl sites for hydroxylation is 1. The van der Waals surface area contributed by atoms with Gasteiger partial charge in [0.2, 0.25) is 5.91 Å². The van der Waals surface area contributed by atoms with Gasteiger partial charge in [0.25, 0.3) is 0 Å². The van der Waals surface area contributed by atoms with Gasteiger partial charge in [0.05, 0.1) is 31.4 Å². The standard InChI is InChI=1S/C24H25BrFNO3/c1-16-6-7-17(12-21(16)26)14-27-22-5-3-2-4-20(22)24(25)18(13-23(27)28)15-30-19-8-10-29-11-9-19/h2-7,12,19H,8-11,13-15H2,1H3. The number of halogens is 2. The SMILES string of the molecule is Cc1ccc(CN2C(=O)CC(COC3CCOCC3)=C(Br)c3ccccc32)cc1F. The van der Waals surface area contributed by atoms with Crippen molar-refractivity contribution >= 4 is 32.0 Å². The Bertz CT molecular complexity index is 969. The van der Waals surface area contributed by atoms with Gasteiger partial charge in [-0.2, -0.15) is 0 Å². The lowest BCUT2D eigenvalue weighted by Crippen LogP contribution is -2.30. The molecule has 0 radical (unpaired) electrons. The lowest BCUT2D eigenvalue weighted by molar-refractivity contribution is -0.118. The Labute approximate surface area is 184 Å². The summed E-state index contributed by atoms with van der Waals surface area (Å²) < 4.78 is 26.5. The van der Waals surface area contributed by atoms with Gasteiger partial charge in [-0.3, -0.25) is 4.79 Å². The summed E-state index contributed by atoms with van der Waals surface area (Å²) >= 11 is 3.73. The Morgan fingerprint density at radius 3 is 2.73 bits per heavy atom. The van der Waals surface area contributed by atoms with E-state index in [2.05, 4.69) is 15.9 Å². The molecule has 2 aromatic rings. The maximum atomic E-state index is 14.1. The van der Waals surface area contributed by atoms with Gasteiger partial charge in [-0.1, -0.05) is 46.3 Å². The first-order chi connectivity index (χ1) is 14.5. The Kier molecular flexibility index (Phi) is 6.66. The molecule has 0 bridgehead atoms. The van der Waals surface area contributed by atoms with E-state index in [4.69, 9.17) is 9.47 Å². The third-order valence-corrected chi connectivity index (χ3v) is 6.63. The summed E-state index contributed by atoms with van der Waals surface area (Å²) in [6, 6.07) is 12.9. The van der Waals surface area contributed by atoms with E-state index in [1.807, 2.05) is 30.3 Å². The van der Waals surface area contributed by atoms with Crippen molar-refractivity contribution in [3.63, 3.8) is 0 Å². The average Bonchev–Trinajstić information content (AvgIpc) is 2.86. The van der Waals surface area contributed by atoms with Crippen molar-refractivity contribution in [2.75, 3.05) is 24.7 Å². The normalized spacial score (nSPS) is 17.8. The van der Waals surface area contributed by atoms with Gasteiger partial charge in [-0.15, -0.1) is 0 Å². The van der Waals surface area contributed by atoms with Crippen molar-refractivity contribution in [2.24, 2.45) is 0 Å². The number of nitrogens with zero attached hydrogens (tertiary/aromatic N) is 1. The second kappa shape index (κ2) is 9.41. The van der Waals surface area contributed by atoms with Crippen LogP contribution < -0.4 is 4.90 Å². The van der Waals surface area contributed by atoms with Gasteiger partial charge < -0.3 is 14.4 Å². The molecule has 2 heterocycles. The highest BCUT2D eigenvalue weighted by Gasteiger charge is 2.27. The van der Waals surface area contributed by atoms with Crippen molar-refractivity contribution in [1.82, 2.24) is 0 Å². The summed E-state index contributed by atoms with van der Waals surface area (Å²) in [6.45, 7) is 3.89. The Hall–Kier alpha value is -2.02. The van der Waals surface area contributed by atoms with Crippen LogP contribution in [0.1, 0.15) is 36.0 Å². The van der Waals surface area contributed by atoms with Crippen LogP contribution in [0.5, 0.6) is 0 Å². The third kappa shape index (κ3) is 4.66. The lowest BCUT2D eigenvalue weighted by atomic mass is 10.1. The number of fused-ring (bicyclic) bond motifs is 1. The van der Waals surface area contributed by atoms with Crippen molar-refractivity contribution in [1.29, 1.82) is 0 Å². The molecule has 2 aromatic carbocycles. The predicted octanol–water partition coefficient (Wildman–Crippen LogP) is 5.37. The summed E-state index contributed by atoms with van der Waals surface area (Å²) in [5, 5.41) is 0. The molecule has 4 rings (SSSR count). The zero-order chi connectivity index (χ0) is 21.1. The highest BCUT2D eigenvalue weighted by atomic mass is 79.9. The largest absolute Gasteiger partial charge is 0.381 e. The van der Waals surface area contributed by atoms with Gasteiger partial charge in [-0.05, 0) is 48.6 Å². The van der Waals surface area contributed by atoms with Crippen molar-refractivity contribution in [3.8, 4) is 0 Å². The Morgan fingerprint density at radius 1 is 1.20 bits per heavy atom. The first-order valence-electron chi connectivity index (χ1n) is 10.2. The smallest absolute Gasteiger partial charge is 0.231 e. The van der Waals surface area contributed by atoms with Crippen molar-refractivity contribution in [2.45, 2.75) is 38.8 Å². The van der Waals surface area contributed by atoms with Gasteiger partial charge in [0.1, 0.15) is 5.82 Å². The van der Waals surface area contributed by atoms with Crippen molar-refractivity contribution in [3.05, 3.63) is 70.5 Å². The fourth-order valence-corrected chi connectivity index (χ4v) is 4.43. The molecule has 4 nitrogen and oxygen atoms in total. The van der Waals surface area contributed by atoms with Crippen LogP contribution in [0.15, 0.2) is 48.0 Å². The van der Waals surface area contributed by atoms with Gasteiger partial charge in [0, 0.05) is 23.3 Å². The maximum Gasteiger partial charge on any atom is 0.231 e. The van der Waals surface area contributed by atoms with Crippen LogP contribution >= 0.6 is 15.9 Å². The number of anilines is 1. The number of carbonyl (C=O) groups is 1. The van der Waals surface area contributed by atoms with Crippen LogP contribution in [-0.4, -0.2) is 31.8 Å². The quantitative estimate of drug-likeness (QED) is 0.585. The Balaban J connectivity index is 1.59. The summed E-state index contributed by atoms with van der Waals surface area (Å²) in [7, 11) is 0. The number of ether oxygens (including phenoxy) is 2. The molecule has 0 atom stereocenters. The van der Waals surface area contributed by atoms with Gasteiger partial charge in [0.15, 0.2) is 0 Å². The van der Waals surface area contributed by atoms with E-state index in [1.165, 1.54) is 6.07 Å². The molecule has 2 aliphatic heterocycles. The summed E-state index contributed by atoms with van der Waals surface area (Å²) in [4.78, 5) is 15.0. The molecule has 158 valence electrons. The molecule has 6 heteroatoms. The number of amides is 1. The van der Waals surface area contributed by atoms with Crippen LogP contribution in [0.4, 0.5) is 10.1 Å². The van der Waals surface area contributed by atoms with E-state index in [9.17, 15) is 9.18 Å². The first-order valence-corrected chi connectivity index (χ1v) is 11.0. The molecule has 1 saturated heterocycles. The molecule has 0 saturated carbocycles. The fraction of sp³-hybridized carbons (Fsp3) is 0.375. The minimum atomic E-state index is -0.257. The molecule has 1 fully saturated rings. The predicted molar refractivity (Wildman–Crippen MR) is 119 cm³/mol. The minimum Gasteiger partial charge on any atom is -0.381 e. The molecule has 2 aliphatic rings. The molecule has 0 unspecified atom stereocenters. The molecule has 0 aliphatic carbocycles. The lowest BCUT2D eigenvalue weighted by Gasteiger charge is -2.24. The number of rotatable bonds is 5. The van der Waals surface area contributed by atoms with E-state index < -0.39 is 0 Å². The minimum absolute atomic E-state index is 0.0246. The maximum absolute atomic E-state index is 14.1. The fourth-order valence-electron chi connectivity index (χ4n) is 3.84. The number of benzene rings is 2. The topological polar surface area (TPSA) is 38.8 Å². The van der Waals surface area contributed by atoms with Crippen LogP contribution in [0.2, 0.25) is 0 Å². The molecule has 0 aromatic heterocycles.